The van der Waals surface area contributed by atoms with E-state index in [4.69, 9.17) is 4.74 Å². The summed E-state index contributed by atoms with van der Waals surface area (Å²) in [4.78, 5) is 22.8. The Kier molecular flexibility index (Phi) is 6.80. The molecule has 3 aromatic carbocycles. The number of rotatable bonds is 8. The van der Waals surface area contributed by atoms with Crippen LogP contribution in [-0.4, -0.2) is 31.3 Å². The molecule has 0 radical (unpaired) electrons. The maximum absolute atomic E-state index is 12.7. The average molecular weight is 532 g/mol. The van der Waals surface area contributed by atoms with E-state index in [2.05, 4.69) is 31.4 Å². The summed E-state index contributed by atoms with van der Waals surface area (Å²) in [6.45, 7) is 0. The van der Waals surface area contributed by atoms with E-state index in [1.165, 1.54) is 43.9 Å². The van der Waals surface area contributed by atoms with Crippen LogP contribution in [0.3, 0.4) is 0 Å². The number of allylic oxidation sites excluding steroid dienone is 1. The molecule has 0 saturated carbocycles. The van der Waals surface area contributed by atoms with E-state index < -0.39 is 10.0 Å². The number of nitrogens with one attached hydrogen (secondary N) is 3. The van der Waals surface area contributed by atoms with Crippen molar-refractivity contribution in [2.75, 3.05) is 22.5 Å². The van der Waals surface area contributed by atoms with Gasteiger partial charge in [0.25, 0.3) is 10.0 Å². The Balaban J connectivity index is 1.20. The van der Waals surface area contributed by atoms with Crippen LogP contribution in [0.2, 0.25) is 0 Å². The molecule has 4 aromatic rings. The van der Waals surface area contributed by atoms with E-state index in [1.54, 1.807) is 30.0 Å². The molecule has 11 heteroatoms. The monoisotopic (exact) mass is 531 g/mol. The lowest BCUT2D eigenvalue weighted by Crippen LogP contribution is -2.15. The van der Waals surface area contributed by atoms with Crippen LogP contribution in [0, 0.1) is 0 Å². The fourth-order valence-corrected chi connectivity index (χ4v) is 5.41. The lowest BCUT2D eigenvalue weighted by atomic mass is 10.1. The Morgan fingerprint density at radius 2 is 1.70 bits per heavy atom. The van der Waals surface area contributed by atoms with Crippen LogP contribution in [0.25, 0.3) is 0 Å². The SMILES string of the molecule is COc1cnc(NS(=O)(=O)c2ccc(N/C=C\C(=O)c3ccc4c(c3)Nc3ccccc3S4)cc2)nc1. The third kappa shape index (κ3) is 5.57. The van der Waals surface area contributed by atoms with Crippen LogP contribution in [0.15, 0.2) is 106 Å². The van der Waals surface area contributed by atoms with Crippen molar-refractivity contribution in [1.82, 2.24) is 9.97 Å². The number of anilines is 4. The molecular formula is C26H21N5O4S2. The molecule has 0 bridgehead atoms. The van der Waals surface area contributed by atoms with Crippen molar-refractivity contribution in [3.05, 3.63) is 97.0 Å². The van der Waals surface area contributed by atoms with Gasteiger partial charge in [0.1, 0.15) is 0 Å². The molecule has 9 nitrogen and oxygen atoms in total. The van der Waals surface area contributed by atoms with Gasteiger partial charge in [0.2, 0.25) is 5.95 Å². The lowest BCUT2D eigenvalue weighted by Gasteiger charge is -2.20. The van der Waals surface area contributed by atoms with Crippen molar-refractivity contribution < 1.29 is 17.9 Å². The minimum absolute atomic E-state index is 0.0403. The predicted octanol–water partition coefficient (Wildman–Crippen LogP) is 5.30. The number of hydrogen-bond donors (Lipinski definition) is 3. The summed E-state index contributed by atoms with van der Waals surface area (Å²) in [6.07, 6.45) is 5.68. The highest BCUT2D eigenvalue weighted by Gasteiger charge is 2.17. The molecule has 0 unspecified atom stereocenters. The second-order valence-corrected chi connectivity index (χ2v) is 10.6. The van der Waals surface area contributed by atoms with Crippen LogP contribution < -0.4 is 20.1 Å². The van der Waals surface area contributed by atoms with Crippen LogP contribution >= 0.6 is 11.8 Å². The van der Waals surface area contributed by atoms with Crippen molar-refractivity contribution in [2.24, 2.45) is 0 Å². The Hall–Kier alpha value is -4.35. The first-order valence-electron chi connectivity index (χ1n) is 11.1. The molecule has 186 valence electrons. The van der Waals surface area contributed by atoms with Gasteiger partial charge in [0.05, 0.1) is 35.8 Å². The standard InChI is InChI=1S/C26H21N5O4S2/c1-35-19-15-28-26(29-16-19)31-37(33,34)20-9-7-18(8-10-20)27-13-12-23(32)17-6-11-25-22(14-17)30-21-4-2-3-5-24(21)36-25/h2-16,27,30H,1H3,(H,28,29,31)/b13-12-. The highest BCUT2D eigenvalue weighted by atomic mass is 32.2. The highest BCUT2D eigenvalue weighted by molar-refractivity contribution is 7.99. The summed E-state index contributed by atoms with van der Waals surface area (Å²) < 4.78 is 32.5. The van der Waals surface area contributed by atoms with Crippen LogP contribution in [0.4, 0.5) is 23.0 Å². The molecular weight excluding hydrogens is 510 g/mol. The molecule has 0 fully saturated rings. The Morgan fingerprint density at radius 3 is 2.46 bits per heavy atom. The van der Waals surface area contributed by atoms with Crippen molar-refractivity contribution in [1.29, 1.82) is 0 Å². The fraction of sp³-hybridized carbons (Fsp3) is 0.0385. The van der Waals surface area contributed by atoms with Gasteiger partial charge in [-0.05, 0) is 54.6 Å². The summed E-state index contributed by atoms with van der Waals surface area (Å²) in [5.41, 5.74) is 3.07. The van der Waals surface area contributed by atoms with E-state index in [9.17, 15) is 13.2 Å². The van der Waals surface area contributed by atoms with Crippen molar-refractivity contribution in [3.63, 3.8) is 0 Å². The summed E-state index contributed by atoms with van der Waals surface area (Å²) in [5.74, 6) is 0.187. The van der Waals surface area contributed by atoms with E-state index in [0.29, 0.717) is 17.0 Å². The minimum atomic E-state index is -3.87. The molecule has 0 saturated heterocycles. The zero-order valence-electron chi connectivity index (χ0n) is 19.5. The molecule has 1 aromatic heterocycles. The molecule has 3 N–H and O–H groups in total. The van der Waals surface area contributed by atoms with E-state index in [1.807, 2.05) is 30.3 Å². The van der Waals surface area contributed by atoms with Gasteiger partial charge in [-0.1, -0.05) is 23.9 Å². The number of nitrogens with zero attached hydrogens (tertiary/aromatic N) is 2. The van der Waals surface area contributed by atoms with E-state index in [-0.39, 0.29) is 16.6 Å². The van der Waals surface area contributed by atoms with Crippen LogP contribution in [0.5, 0.6) is 5.75 Å². The molecule has 1 aliphatic rings. The largest absolute Gasteiger partial charge is 0.494 e. The van der Waals surface area contributed by atoms with Gasteiger partial charge in [-0.25, -0.2) is 23.1 Å². The number of carbonyl (C=O) groups excluding carboxylic acids is 1. The zero-order chi connectivity index (χ0) is 25.8. The fourth-order valence-electron chi connectivity index (χ4n) is 3.49. The van der Waals surface area contributed by atoms with Gasteiger partial charge < -0.3 is 15.4 Å². The Bertz CT molecular complexity index is 1590. The second-order valence-electron chi connectivity index (χ2n) is 7.85. The summed E-state index contributed by atoms with van der Waals surface area (Å²) >= 11 is 1.66. The minimum Gasteiger partial charge on any atom is -0.494 e. The highest BCUT2D eigenvalue weighted by Crippen LogP contribution is 2.44. The number of sulfonamides is 1. The van der Waals surface area contributed by atoms with Crippen LogP contribution in [0.1, 0.15) is 10.4 Å². The Labute approximate surface area is 218 Å². The third-order valence-electron chi connectivity index (χ3n) is 5.38. The van der Waals surface area contributed by atoms with Crippen LogP contribution in [-0.2, 0) is 10.0 Å². The van der Waals surface area contributed by atoms with Crippen molar-refractivity contribution >= 4 is 50.6 Å². The molecule has 0 aliphatic carbocycles. The van der Waals surface area contributed by atoms with Gasteiger partial charge in [-0.3, -0.25) is 4.79 Å². The third-order valence-corrected chi connectivity index (χ3v) is 7.88. The number of hydrogen-bond acceptors (Lipinski definition) is 9. The number of aromatic nitrogens is 2. The van der Waals surface area contributed by atoms with E-state index in [0.717, 1.165) is 21.2 Å². The predicted molar refractivity (Wildman–Crippen MR) is 143 cm³/mol. The van der Waals surface area contributed by atoms with Gasteiger partial charge in [0, 0.05) is 33.3 Å². The summed E-state index contributed by atoms with van der Waals surface area (Å²) in [7, 11) is -2.40. The van der Waals surface area contributed by atoms with Gasteiger partial charge in [-0.2, -0.15) is 0 Å². The Morgan fingerprint density at radius 1 is 0.973 bits per heavy atom. The molecule has 1 aliphatic heterocycles. The van der Waals surface area contributed by atoms with E-state index >= 15 is 0 Å². The van der Waals surface area contributed by atoms with Gasteiger partial charge >= 0.3 is 0 Å². The number of para-hydroxylation sites is 1. The average Bonchev–Trinajstić information content (AvgIpc) is 2.92. The zero-order valence-corrected chi connectivity index (χ0v) is 21.1. The lowest BCUT2D eigenvalue weighted by molar-refractivity contribution is 0.104. The smallest absolute Gasteiger partial charge is 0.264 e. The number of ether oxygens (including phenoxy) is 1. The number of carbonyl (C=O) groups is 1. The number of benzene rings is 3. The molecule has 5 rings (SSSR count). The van der Waals surface area contributed by atoms with Gasteiger partial charge in [-0.15, -0.1) is 0 Å². The molecule has 0 spiro atoms. The topological polar surface area (TPSA) is 122 Å². The molecule has 0 atom stereocenters. The maximum atomic E-state index is 12.7. The molecule has 37 heavy (non-hydrogen) atoms. The number of fused-ring (bicyclic) bond motifs is 2. The maximum Gasteiger partial charge on any atom is 0.264 e. The normalized spacial score (nSPS) is 12.2. The number of methoxy groups -OCH3 is 1. The second kappa shape index (κ2) is 10.3. The van der Waals surface area contributed by atoms with Crippen molar-refractivity contribution in [3.8, 4) is 5.75 Å². The first-order valence-corrected chi connectivity index (χ1v) is 13.4. The molecule has 0 amide bonds. The summed E-state index contributed by atoms with van der Waals surface area (Å²) in [5, 5.41) is 6.36. The first kappa shape index (κ1) is 24.3. The van der Waals surface area contributed by atoms with Crippen molar-refractivity contribution in [2.45, 2.75) is 14.7 Å². The molecule has 2 heterocycles. The number of ketones is 1. The van der Waals surface area contributed by atoms with Gasteiger partial charge in [0.15, 0.2) is 11.5 Å². The first-order chi connectivity index (χ1) is 17.9. The summed E-state index contributed by atoms with van der Waals surface area (Å²) in [6, 6.07) is 19.7. The quantitative estimate of drug-likeness (QED) is 0.181.